The molecule has 0 saturated carbocycles. The quantitative estimate of drug-likeness (QED) is 0.381. The fourth-order valence-corrected chi connectivity index (χ4v) is 2.57. The Labute approximate surface area is 114 Å². The highest BCUT2D eigenvalue weighted by atomic mass is 32.2. The zero-order valence-corrected chi connectivity index (χ0v) is 10.9. The van der Waals surface area contributed by atoms with Crippen LogP contribution in [-0.2, 0) is 14.8 Å². The Bertz CT molecular complexity index is 642. The number of nitrogens with one attached hydrogen (secondary N) is 1. The zero-order chi connectivity index (χ0) is 15.5. The molecule has 1 rings (SSSR count). The lowest BCUT2D eigenvalue weighted by Crippen LogP contribution is -2.40. The van der Waals surface area contributed by atoms with Crippen molar-refractivity contribution in [3.8, 4) is 0 Å². The topological polar surface area (TPSA) is 173 Å². The van der Waals surface area contributed by atoms with Crippen molar-refractivity contribution in [3.63, 3.8) is 0 Å². The number of nitrogen functional groups attached to an aromatic ring is 1. The van der Waals surface area contributed by atoms with E-state index in [1.807, 2.05) is 4.72 Å². The van der Waals surface area contributed by atoms with E-state index in [2.05, 4.69) is 0 Å². The highest BCUT2D eigenvalue weighted by molar-refractivity contribution is 7.89. The molecule has 0 aromatic heterocycles. The number of benzene rings is 1. The van der Waals surface area contributed by atoms with Crippen molar-refractivity contribution in [2.75, 3.05) is 12.3 Å². The smallest absolute Gasteiger partial charge is 0.337 e. The van der Waals surface area contributed by atoms with E-state index in [1.165, 1.54) is 6.07 Å². The van der Waals surface area contributed by atoms with E-state index >= 15 is 0 Å². The van der Waals surface area contributed by atoms with Gasteiger partial charge < -0.3 is 21.7 Å². The SMILES string of the molecule is NC(=O)C(O)CNS(=O)(=O)c1cc(N)ccc1C(=O)O. The fraction of sp³-hybridized carbons (Fsp3) is 0.200. The number of amides is 1. The van der Waals surface area contributed by atoms with Crippen LogP contribution >= 0.6 is 0 Å². The number of aliphatic hydroxyl groups excluding tert-OH is 1. The van der Waals surface area contributed by atoms with Crippen LogP contribution in [0.5, 0.6) is 0 Å². The number of aliphatic hydroxyl groups is 1. The molecular formula is C10H13N3O6S. The lowest BCUT2D eigenvalue weighted by molar-refractivity contribution is -0.125. The molecule has 10 heteroatoms. The Kier molecular flexibility index (Phi) is 4.65. The third-order valence-electron chi connectivity index (χ3n) is 2.32. The minimum atomic E-state index is -4.27. The fourth-order valence-electron chi connectivity index (χ4n) is 1.30. The summed E-state index contributed by atoms with van der Waals surface area (Å²) in [6, 6.07) is 3.24. The molecule has 1 amide bonds. The Morgan fingerprint density at radius 2 is 1.95 bits per heavy atom. The Balaban J connectivity index is 3.12. The number of carboxylic acids is 1. The average molecular weight is 303 g/mol. The van der Waals surface area contributed by atoms with Gasteiger partial charge in [0.15, 0.2) is 0 Å². The maximum Gasteiger partial charge on any atom is 0.337 e. The second kappa shape index (κ2) is 5.86. The predicted octanol–water partition coefficient (Wildman–Crippen LogP) is -1.91. The number of carbonyl (C=O) groups is 2. The van der Waals surface area contributed by atoms with Gasteiger partial charge in [0.2, 0.25) is 15.9 Å². The Morgan fingerprint density at radius 1 is 1.35 bits per heavy atom. The van der Waals surface area contributed by atoms with Crippen LogP contribution in [0.1, 0.15) is 10.4 Å². The molecule has 1 unspecified atom stereocenters. The summed E-state index contributed by atoms with van der Waals surface area (Å²) in [5.41, 5.74) is 9.75. The summed E-state index contributed by atoms with van der Waals surface area (Å²) in [5.74, 6) is -2.57. The molecule has 7 N–H and O–H groups in total. The first-order valence-electron chi connectivity index (χ1n) is 5.25. The number of carbonyl (C=O) groups excluding carboxylic acids is 1. The maximum absolute atomic E-state index is 11.9. The highest BCUT2D eigenvalue weighted by Gasteiger charge is 2.24. The maximum atomic E-state index is 11.9. The molecule has 0 saturated heterocycles. The third kappa shape index (κ3) is 3.66. The Morgan fingerprint density at radius 3 is 2.45 bits per heavy atom. The molecule has 0 heterocycles. The van der Waals surface area contributed by atoms with Crippen molar-refractivity contribution in [1.29, 1.82) is 0 Å². The van der Waals surface area contributed by atoms with Crippen LogP contribution in [0, 0.1) is 0 Å². The molecule has 1 aromatic rings. The molecule has 0 bridgehead atoms. The molecule has 1 atom stereocenters. The van der Waals surface area contributed by atoms with E-state index < -0.39 is 45.0 Å². The van der Waals surface area contributed by atoms with Crippen molar-refractivity contribution in [1.82, 2.24) is 4.72 Å². The number of anilines is 1. The molecular weight excluding hydrogens is 290 g/mol. The monoisotopic (exact) mass is 303 g/mol. The largest absolute Gasteiger partial charge is 0.478 e. The van der Waals surface area contributed by atoms with Gasteiger partial charge in [0.1, 0.15) is 6.10 Å². The highest BCUT2D eigenvalue weighted by Crippen LogP contribution is 2.19. The molecule has 1 aromatic carbocycles. The van der Waals surface area contributed by atoms with E-state index in [9.17, 15) is 18.0 Å². The first-order chi connectivity index (χ1) is 9.15. The van der Waals surface area contributed by atoms with Gasteiger partial charge in [-0.1, -0.05) is 0 Å². The Hall–Kier alpha value is -2.17. The number of nitrogens with two attached hydrogens (primary N) is 2. The summed E-state index contributed by atoms with van der Waals surface area (Å²) in [6.07, 6.45) is -1.72. The predicted molar refractivity (Wildman–Crippen MR) is 68.2 cm³/mol. The first-order valence-corrected chi connectivity index (χ1v) is 6.73. The number of hydrogen-bond donors (Lipinski definition) is 5. The summed E-state index contributed by atoms with van der Waals surface area (Å²) in [4.78, 5) is 21.0. The van der Waals surface area contributed by atoms with Gasteiger partial charge in [-0.05, 0) is 18.2 Å². The van der Waals surface area contributed by atoms with Gasteiger partial charge in [0.05, 0.1) is 10.5 Å². The van der Waals surface area contributed by atoms with Crippen LogP contribution in [-0.4, -0.2) is 43.2 Å². The van der Waals surface area contributed by atoms with E-state index in [0.717, 1.165) is 12.1 Å². The van der Waals surface area contributed by atoms with Gasteiger partial charge in [-0.15, -0.1) is 0 Å². The molecule has 0 aliphatic carbocycles. The second-order valence-corrected chi connectivity index (χ2v) is 5.57. The third-order valence-corrected chi connectivity index (χ3v) is 3.78. The number of rotatable bonds is 6. The van der Waals surface area contributed by atoms with Gasteiger partial charge in [0, 0.05) is 12.2 Å². The summed E-state index contributed by atoms with van der Waals surface area (Å²) in [7, 11) is -4.27. The molecule has 0 fully saturated rings. The van der Waals surface area contributed by atoms with Crippen molar-refractivity contribution in [2.45, 2.75) is 11.0 Å². The number of aromatic carboxylic acids is 1. The van der Waals surface area contributed by atoms with E-state index in [1.54, 1.807) is 0 Å². The minimum Gasteiger partial charge on any atom is -0.478 e. The van der Waals surface area contributed by atoms with Crippen molar-refractivity contribution in [2.24, 2.45) is 5.73 Å². The molecule has 0 radical (unpaired) electrons. The van der Waals surface area contributed by atoms with Gasteiger partial charge in [-0.25, -0.2) is 17.9 Å². The number of primary amides is 1. The van der Waals surface area contributed by atoms with Crippen molar-refractivity contribution >= 4 is 27.6 Å². The van der Waals surface area contributed by atoms with Gasteiger partial charge in [0.25, 0.3) is 0 Å². The summed E-state index contributed by atoms with van der Waals surface area (Å²) in [5, 5.41) is 18.1. The van der Waals surface area contributed by atoms with Gasteiger partial charge in [-0.3, -0.25) is 4.79 Å². The van der Waals surface area contributed by atoms with Gasteiger partial charge >= 0.3 is 5.97 Å². The van der Waals surface area contributed by atoms with Crippen molar-refractivity contribution in [3.05, 3.63) is 23.8 Å². The van der Waals surface area contributed by atoms with Crippen molar-refractivity contribution < 1.29 is 28.2 Å². The second-order valence-electron chi connectivity index (χ2n) is 3.83. The standard InChI is InChI=1S/C10H13N3O6S/c11-5-1-2-6(10(16)17)8(3-5)20(18,19)13-4-7(14)9(12)15/h1-3,7,13-14H,4,11H2,(H2,12,15)(H,16,17). The lowest BCUT2D eigenvalue weighted by Gasteiger charge is -2.11. The van der Waals surface area contributed by atoms with E-state index in [4.69, 9.17) is 21.7 Å². The van der Waals surface area contributed by atoms with Crippen LogP contribution in [0.4, 0.5) is 5.69 Å². The minimum absolute atomic E-state index is 0.0471. The lowest BCUT2D eigenvalue weighted by atomic mass is 10.2. The summed E-state index contributed by atoms with van der Waals surface area (Å²) in [6.45, 7) is -0.675. The van der Waals surface area contributed by atoms with Crippen LogP contribution in [0.15, 0.2) is 23.1 Å². The summed E-state index contributed by atoms with van der Waals surface area (Å²) >= 11 is 0. The van der Waals surface area contributed by atoms with Gasteiger partial charge in [-0.2, -0.15) is 0 Å². The molecule has 0 aliphatic rings. The molecule has 20 heavy (non-hydrogen) atoms. The molecule has 9 nitrogen and oxygen atoms in total. The van der Waals surface area contributed by atoms with E-state index in [-0.39, 0.29) is 5.69 Å². The average Bonchev–Trinajstić information content (AvgIpc) is 2.35. The molecule has 0 spiro atoms. The van der Waals surface area contributed by atoms with Crippen LogP contribution < -0.4 is 16.2 Å². The summed E-state index contributed by atoms with van der Waals surface area (Å²) < 4.78 is 25.8. The molecule has 110 valence electrons. The molecule has 0 aliphatic heterocycles. The normalized spacial score (nSPS) is 12.8. The van der Waals surface area contributed by atoms with Crippen LogP contribution in [0.25, 0.3) is 0 Å². The first kappa shape index (κ1) is 15.9. The number of sulfonamides is 1. The number of carboxylic acid groups (broad SMARTS) is 1. The zero-order valence-electron chi connectivity index (χ0n) is 10.1. The van der Waals surface area contributed by atoms with Crippen LogP contribution in [0.2, 0.25) is 0 Å². The van der Waals surface area contributed by atoms with Crippen LogP contribution in [0.3, 0.4) is 0 Å². The van der Waals surface area contributed by atoms with E-state index in [0.29, 0.717) is 0 Å². The number of hydrogen-bond acceptors (Lipinski definition) is 6.